The maximum Gasteiger partial charge on any atom is 0.309 e. The Balaban J connectivity index is 1.99. The standard InChI is InChI=1S/C10H12O2/c1-12-10(11)6-9-5-7-2-3-8(9)4-7/h2-3,5,7-8H,4,6H2,1H3. The number of hydrogen-bond donors (Lipinski definition) is 0. The van der Waals surface area contributed by atoms with E-state index in [2.05, 4.69) is 23.0 Å². The van der Waals surface area contributed by atoms with E-state index in [1.165, 1.54) is 19.1 Å². The molecule has 0 aliphatic heterocycles. The Kier molecular flexibility index (Phi) is 1.75. The minimum Gasteiger partial charge on any atom is -0.469 e. The van der Waals surface area contributed by atoms with Gasteiger partial charge in [0.2, 0.25) is 0 Å². The van der Waals surface area contributed by atoms with Crippen molar-refractivity contribution in [1.82, 2.24) is 0 Å². The van der Waals surface area contributed by atoms with E-state index in [1.807, 2.05) is 0 Å². The van der Waals surface area contributed by atoms with Gasteiger partial charge in [0.1, 0.15) is 0 Å². The molecule has 0 aromatic heterocycles. The van der Waals surface area contributed by atoms with Gasteiger partial charge in [-0.1, -0.05) is 23.8 Å². The summed E-state index contributed by atoms with van der Waals surface area (Å²) >= 11 is 0. The van der Waals surface area contributed by atoms with Gasteiger partial charge in [-0.2, -0.15) is 0 Å². The first-order valence-corrected chi connectivity index (χ1v) is 4.25. The molecule has 0 saturated carbocycles. The molecular weight excluding hydrogens is 152 g/mol. The van der Waals surface area contributed by atoms with Gasteiger partial charge in [0.05, 0.1) is 13.5 Å². The van der Waals surface area contributed by atoms with Crippen molar-refractivity contribution in [3.63, 3.8) is 0 Å². The van der Waals surface area contributed by atoms with Gasteiger partial charge in [-0.3, -0.25) is 4.79 Å². The van der Waals surface area contributed by atoms with Crippen molar-refractivity contribution in [2.45, 2.75) is 12.8 Å². The molecule has 0 aromatic carbocycles. The molecule has 0 spiro atoms. The number of fused-ring (bicyclic) bond motifs is 2. The number of methoxy groups -OCH3 is 1. The first kappa shape index (κ1) is 7.59. The van der Waals surface area contributed by atoms with Crippen LogP contribution >= 0.6 is 0 Å². The van der Waals surface area contributed by atoms with Gasteiger partial charge >= 0.3 is 5.97 Å². The molecule has 2 unspecified atom stereocenters. The summed E-state index contributed by atoms with van der Waals surface area (Å²) in [5, 5.41) is 0. The first-order valence-electron chi connectivity index (χ1n) is 4.25. The highest BCUT2D eigenvalue weighted by molar-refractivity contribution is 5.73. The fraction of sp³-hybridized carbons (Fsp3) is 0.500. The van der Waals surface area contributed by atoms with Crippen LogP contribution in [0, 0.1) is 11.8 Å². The molecule has 2 aliphatic carbocycles. The minimum absolute atomic E-state index is 0.123. The SMILES string of the molecule is COC(=O)CC1=CC2C=CC1C2. The van der Waals surface area contributed by atoms with Crippen LogP contribution in [0.3, 0.4) is 0 Å². The van der Waals surface area contributed by atoms with E-state index < -0.39 is 0 Å². The van der Waals surface area contributed by atoms with Crippen molar-refractivity contribution in [3.8, 4) is 0 Å². The number of rotatable bonds is 2. The highest BCUT2D eigenvalue weighted by atomic mass is 16.5. The molecule has 2 atom stereocenters. The Morgan fingerprint density at radius 3 is 3.00 bits per heavy atom. The van der Waals surface area contributed by atoms with Gasteiger partial charge in [0, 0.05) is 0 Å². The average Bonchev–Trinajstić information content (AvgIpc) is 2.64. The molecule has 2 heteroatoms. The molecule has 0 amide bonds. The second kappa shape index (κ2) is 2.77. The van der Waals surface area contributed by atoms with Gasteiger partial charge < -0.3 is 4.74 Å². The molecular formula is C10H12O2. The maximum atomic E-state index is 11.0. The molecule has 0 fully saturated rings. The van der Waals surface area contributed by atoms with E-state index in [0.29, 0.717) is 18.3 Å². The number of ether oxygens (including phenoxy) is 1. The zero-order valence-electron chi connectivity index (χ0n) is 7.12. The monoisotopic (exact) mass is 164 g/mol. The molecule has 0 heterocycles. The quantitative estimate of drug-likeness (QED) is 0.458. The molecule has 2 aliphatic rings. The number of carbonyl (C=O) groups excluding carboxylic acids is 1. The van der Waals surface area contributed by atoms with E-state index in [-0.39, 0.29) is 5.97 Å². The second-order valence-electron chi connectivity index (χ2n) is 3.39. The van der Waals surface area contributed by atoms with Crippen molar-refractivity contribution in [3.05, 3.63) is 23.8 Å². The number of hydrogen-bond acceptors (Lipinski definition) is 2. The smallest absolute Gasteiger partial charge is 0.309 e. The molecule has 0 N–H and O–H groups in total. The number of carbonyl (C=O) groups is 1. The van der Waals surface area contributed by atoms with Crippen LogP contribution in [0.5, 0.6) is 0 Å². The summed E-state index contributed by atoms with van der Waals surface area (Å²) in [6.07, 6.45) is 8.25. The molecule has 12 heavy (non-hydrogen) atoms. The highest BCUT2D eigenvalue weighted by Gasteiger charge is 2.28. The van der Waals surface area contributed by atoms with Crippen molar-refractivity contribution in [2.75, 3.05) is 7.11 Å². The molecule has 2 nitrogen and oxygen atoms in total. The third kappa shape index (κ3) is 1.17. The largest absolute Gasteiger partial charge is 0.469 e. The van der Waals surface area contributed by atoms with Crippen LogP contribution < -0.4 is 0 Å². The maximum absolute atomic E-state index is 11.0. The van der Waals surface area contributed by atoms with Crippen molar-refractivity contribution in [1.29, 1.82) is 0 Å². The predicted octanol–water partition coefficient (Wildman–Crippen LogP) is 1.68. The number of allylic oxidation sites excluding steroid dienone is 3. The van der Waals surface area contributed by atoms with E-state index >= 15 is 0 Å². The third-order valence-electron chi connectivity index (χ3n) is 2.60. The summed E-state index contributed by atoms with van der Waals surface area (Å²) in [4.78, 5) is 11.0. The Labute approximate surface area is 71.9 Å². The Bertz CT molecular complexity index is 263. The second-order valence-corrected chi connectivity index (χ2v) is 3.39. The fourth-order valence-electron chi connectivity index (χ4n) is 1.95. The lowest BCUT2D eigenvalue weighted by Gasteiger charge is -2.07. The third-order valence-corrected chi connectivity index (χ3v) is 2.60. The molecule has 2 rings (SSSR count). The molecule has 0 aromatic rings. The lowest BCUT2D eigenvalue weighted by molar-refractivity contribution is -0.139. The molecule has 0 saturated heterocycles. The van der Waals surface area contributed by atoms with E-state index in [0.717, 1.165) is 0 Å². The van der Waals surface area contributed by atoms with E-state index in [9.17, 15) is 4.79 Å². The Morgan fingerprint density at radius 2 is 2.50 bits per heavy atom. The average molecular weight is 164 g/mol. The van der Waals surface area contributed by atoms with Crippen LogP contribution in [0.25, 0.3) is 0 Å². The summed E-state index contributed by atoms with van der Waals surface area (Å²) < 4.78 is 4.62. The Morgan fingerprint density at radius 1 is 1.67 bits per heavy atom. The Hall–Kier alpha value is -1.05. The van der Waals surface area contributed by atoms with Crippen molar-refractivity contribution < 1.29 is 9.53 Å². The predicted molar refractivity (Wildman–Crippen MR) is 45.5 cm³/mol. The van der Waals surface area contributed by atoms with Gasteiger partial charge in [0.15, 0.2) is 0 Å². The summed E-state index contributed by atoms with van der Waals surface area (Å²) in [5.41, 5.74) is 1.24. The van der Waals surface area contributed by atoms with E-state index in [1.54, 1.807) is 0 Å². The lowest BCUT2D eigenvalue weighted by Crippen LogP contribution is -2.05. The first-order chi connectivity index (χ1) is 5.79. The van der Waals surface area contributed by atoms with Crippen LogP contribution in [-0.4, -0.2) is 13.1 Å². The van der Waals surface area contributed by atoms with Crippen LogP contribution in [0.4, 0.5) is 0 Å². The van der Waals surface area contributed by atoms with Crippen LogP contribution in [0.1, 0.15) is 12.8 Å². The topological polar surface area (TPSA) is 26.3 Å². The zero-order chi connectivity index (χ0) is 8.55. The van der Waals surface area contributed by atoms with Gasteiger partial charge in [-0.05, 0) is 18.3 Å². The van der Waals surface area contributed by atoms with Gasteiger partial charge in [-0.25, -0.2) is 0 Å². The van der Waals surface area contributed by atoms with Gasteiger partial charge in [0.25, 0.3) is 0 Å². The van der Waals surface area contributed by atoms with Crippen LogP contribution in [0.15, 0.2) is 23.8 Å². The normalized spacial score (nSPS) is 30.6. The van der Waals surface area contributed by atoms with Crippen LogP contribution in [0.2, 0.25) is 0 Å². The summed E-state index contributed by atoms with van der Waals surface area (Å²) in [7, 11) is 1.44. The zero-order valence-corrected chi connectivity index (χ0v) is 7.12. The summed E-state index contributed by atoms with van der Waals surface area (Å²) in [6, 6.07) is 0. The molecule has 0 radical (unpaired) electrons. The summed E-state index contributed by atoms with van der Waals surface area (Å²) in [5.74, 6) is 0.992. The minimum atomic E-state index is -0.123. The fourth-order valence-corrected chi connectivity index (χ4v) is 1.95. The molecule has 64 valence electrons. The van der Waals surface area contributed by atoms with Gasteiger partial charge in [-0.15, -0.1) is 0 Å². The molecule has 2 bridgehead atoms. The lowest BCUT2D eigenvalue weighted by atomic mass is 10.0. The van der Waals surface area contributed by atoms with Crippen molar-refractivity contribution in [2.24, 2.45) is 11.8 Å². The highest BCUT2D eigenvalue weighted by Crippen LogP contribution is 2.39. The number of esters is 1. The van der Waals surface area contributed by atoms with Crippen molar-refractivity contribution >= 4 is 5.97 Å². The van der Waals surface area contributed by atoms with Crippen LogP contribution in [-0.2, 0) is 9.53 Å². The summed E-state index contributed by atoms with van der Waals surface area (Å²) in [6.45, 7) is 0. The van der Waals surface area contributed by atoms with E-state index in [4.69, 9.17) is 0 Å².